The molecule has 0 saturated heterocycles. The highest BCUT2D eigenvalue weighted by molar-refractivity contribution is 5.90. The molecule has 176 valence electrons. The molecule has 2 heterocycles. The number of hydrogen-bond acceptors (Lipinski definition) is 6. The van der Waals surface area contributed by atoms with Crippen LogP contribution in [-0.2, 0) is 11.2 Å². The van der Waals surface area contributed by atoms with Gasteiger partial charge in [-0.05, 0) is 48.9 Å². The standard InChI is InChI=1S/C27H25N5O3/c1-2-35-27-28-16-21(17-29-27)20-11-12-23-22(15-20)24(13-10-18-8-9-18)32(30-23)25(26(33)31-34)14-19-6-4-3-5-7-19/h3-7,11-12,15-18,25,34H,2,8-9,14H2,1H3,(H,31,33). The van der Waals surface area contributed by atoms with Crippen molar-refractivity contribution >= 4 is 16.8 Å². The molecule has 1 saturated carbocycles. The van der Waals surface area contributed by atoms with Crippen molar-refractivity contribution in [2.24, 2.45) is 5.92 Å². The Labute approximate surface area is 202 Å². The van der Waals surface area contributed by atoms with Gasteiger partial charge in [-0.15, -0.1) is 0 Å². The maximum Gasteiger partial charge on any atom is 0.316 e. The van der Waals surface area contributed by atoms with Gasteiger partial charge in [0.1, 0.15) is 11.7 Å². The minimum atomic E-state index is -0.768. The zero-order chi connectivity index (χ0) is 24.2. The number of hydroxylamine groups is 1. The van der Waals surface area contributed by atoms with Crippen molar-refractivity contribution in [3.63, 3.8) is 0 Å². The molecule has 35 heavy (non-hydrogen) atoms. The summed E-state index contributed by atoms with van der Waals surface area (Å²) in [5.74, 6) is 6.41. The first-order valence-corrected chi connectivity index (χ1v) is 11.6. The Hall–Kier alpha value is -4.22. The first-order valence-electron chi connectivity index (χ1n) is 11.6. The molecule has 2 aromatic heterocycles. The van der Waals surface area contributed by atoms with E-state index >= 15 is 0 Å². The second kappa shape index (κ2) is 9.95. The monoisotopic (exact) mass is 467 g/mol. The number of aromatic nitrogens is 4. The summed E-state index contributed by atoms with van der Waals surface area (Å²) in [5.41, 5.74) is 5.85. The summed E-state index contributed by atoms with van der Waals surface area (Å²) < 4.78 is 6.98. The van der Waals surface area contributed by atoms with Gasteiger partial charge in [-0.3, -0.25) is 10.0 Å². The molecular weight excluding hydrogens is 442 g/mol. The fourth-order valence-corrected chi connectivity index (χ4v) is 3.90. The van der Waals surface area contributed by atoms with Gasteiger partial charge in [0.15, 0.2) is 0 Å². The predicted octanol–water partition coefficient (Wildman–Crippen LogP) is 3.94. The minimum absolute atomic E-state index is 0.333. The number of nitrogens with zero attached hydrogens (tertiary/aromatic N) is 4. The van der Waals surface area contributed by atoms with E-state index in [9.17, 15) is 10.0 Å². The second-order valence-corrected chi connectivity index (χ2v) is 8.44. The molecule has 1 aliphatic carbocycles. The van der Waals surface area contributed by atoms with Crippen LogP contribution in [0, 0.1) is 17.8 Å². The van der Waals surface area contributed by atoms with E-state index < -0.39 is 11.9 Å². The van der Waals surface area contributed by atoms with Gasteiger partial charge in [-0.1, -0.05) is 42.3 Å². The molecule has 5 rings (SSSR count). The highest BCUT2D eigenvalue weighted by Crippen LogP contribution is 2.31. The quantitative estimate of drug-likeness (QED) is 0.242. The number of carbonyl (C=O) groups is 1. The van der Waals surface area contributed by atoms with Crippen molar-refractivity contribution in [1.82, 2.24) is 25.2 Å². The number of amides is 1. The van der Waals surface area contributed by atoms with Crippen LogP contribution in [0.25, 0.3) is 22.0 Å². The Morgan fingerprint density at radius 2 is 1.94 bits per heavy atom. The average Bonchev–Trinajstić information content (AvgIpc) is 3.66. The topological polar surface area (TPSA) is 102 Å². The van der Waals surface area contributed by atoms with Crippen molar-refractivity contribution < 1.29 is 14.7 Å². The normalized spacial score (nSPS) is 13.7. The summed E-state index contributed by atoms with van der Waals surface area (Å²) in [7, 11) is 0. The van der Waals surface area contributed by atoms with Gasteiger partial charge >= 0.3 is 6.01 Å². The van der Waals surface area contributed by atoms with Crippen LogP contribution >= 0.6 is 0 Å². The fourth-order valence-electron chi connectivity index (χ4n) is 3.90. The van der Waals surface area contributed by atoms with Crippen molar-refractivity contribution in [3.05, 3.63) is 72.2 Å². The van der Waals surface area contributed by atoms with E-state index in [0.29, 0.717) is 36.2 Å². The van der Waals surface area contributed by atoms with Crippen LogP contribution in [0.3, 0.4) is 0 Å². The van der Waals surface area contributed by atoms with Crippen LogP contribution in [0.5, 0.6) is 6.01 Å². The molecule has 0 radical (unpaired) electrons. The van der Waals surface area contributed by atoms with Gasteiger partial charge in [-0.2, -0.15) is 5.10 Å². The third-order valence-electron chi connectivity index (χ3n) is 5.88. The third kappa shape index (κ3) is 5.00. The average molecular weight is 468 g/mol. The van der Waals surface area contributed by atoms with Crippen LogP contribution in [0.2, 0.25) is 0 Å². The number of rotatable bonds is 7. The summed E-state index contributed by atoms with van der Waals surface area (Å²) >= 11 is 0. The first kappa shape index (κ1) is 22.6. The van der Waals surface area contributed by atoms with Gasteiger partial charge in [0.25, 0.3) is 5.91 Å². The highest BCUT2D eigenvalue weighted by Gasteiger charge is 2.26. The molecule has 1 unspecified atom stereocenters. The lowest BCUT2D eigenvalue weighted by Gasteiger charge is -2.17. The predicted molar refractivity (Wildman–Crippen MR) is 131 cm³/mol. The number of benzene rings is 2. The molecule has 0 aliphatic heterocycles. The van der Waals surface area contributed by atoms with E-state index in [-0.39, 0.29) is 0 Å². The Bertz CT molecular complexity index is 1400. The molecule has 1 atom stereocenters. The Morgan fingerprint density at radius 3 is 2.63 bits per heavy atom. The number of carbonyl (C=O) groups excluding carboxylic acids is 1. The molecular formula is C27H25N5O3. The lowest BCUT2D eigenvalue weighted by atomic mass is 10.0. The van der Waals surface area contributed by atoms with Gasteiger partial charge in [0, 0.05) is 35.7 Å². The molecule has 1 aliphatic rings. The van der Waals surface area contributed by atoms with Gasteiger partial charge in [0.2, 0.25) is 0 Å². The molecule has 2 N–H and O–H groups in total. The zero-order valence-corrected chi connectivity index (χ0v) is 19.3. The van der Waals surface area contributed by atoms with Crippen molar-refractivity contribution in [2.75, 3.05) is 6.61 Å². The van der Waals surface area contributed by atoms with Crippen LogP contribution in [-0.4, -0.2) is 37.5 Å². The molecule has 0 bridgehead atoms. The van der Waals surface area contributed by atoms with E-state index in [2.05, 4.69) is 21.8 Å². The van der Waals surface area contributed by atoms with E-state index in [0.717, 1.165) is 34.9 Å². The number of fused-ring (bicyclic) bond motifs is 1. The van der Waals surface area contributed by atoms with Gasteiger partial charge in [-0.25, -0.2) is 20.1 Å². The third-order valence-corrected chi connectivity index (χ3v) is 5.88. The molecule has 4 aromatic rings. The zero-order valence-electron chi connectivity index (χ0n) is 19.3. The summed E-state index contributed by atoms with van der Waals surface area (Å²) in [5, 5.41) is 15.1. The highest BCUT2D eigenvalue weighted by atomic mass is 16.5. The summed E-state index contributed by atoms with van der Waals surface area (Å²) in [6, 6.07) is 15.0. The van der Waals surface area contributed by atoms with E-state index in [4.69, 9.17) is 9.84 Å². The summed E-state index contributed by atoms with van der Waals surface area (Å²) in [6.45, 7) is 2.38. The molecule has 2 aromatic carbocycles. The van der Waals surface area contributed by atoms with E-state index in [1.807, 2.05) is 60.9 Å². The second-order valence-electron chi connectivity index (χ2n) is 8.44. The maximum absolute atomic E-state index is 12.8. The first-order chi connectivity index (χ1) is 17.2. The van der Waals surface area contributed by atoms with Crippen molar-refractivity contribution in [3.8, 4) is 29.0 Å². The minimum Gasteiger partial charge on any atom is -0.464 e. The number of hydrogen-bond donors (Lipinski definition) is 2. The van der Waals surface area contributed by atoms with Gasteiger partial charge < -0.3 is 4.74 Å². The van der Waals surface area contributed by atoms with Crippen LogP contribution in [0.1, 0.15) is 37.1 Å². The number of nitrogens with one attached hydrogen (secondary N) is 1. The van der Waals surface area contributed by atoms with Crippen molar-refractivity contribution in [2.45, 2.75) is 32.2 Å². The fraction of sp³-hybridized carbons (Fsp3) is 0.259. The SMILES string of the molecule is CCOc1ncc(-c2ccc3nn(C(Cc4ccccc4)C(=O)NO)c(C#CC4CC4)c3c2)cn1. The molecule has 1 fully saturated rings. The van der Waals surface area contributed by atoms with Crippen LogP contribution < -0.4 is 10.2 Å². The van der Waals surface area contributed by atoms with Crippen LogP contribution in [0.4, 0.5) is 0 Å². The molecule has 1 amide bonds. The molecule has 8 heteroatoms. The Morgan fingerprint density at radius 1 is 1.17 bits per heavy atom. The van der Waals surface area contributed by atoms with E-state index in [1.54, 1.807) is 17.1 Å². The van der Waals surface area contributed by atoms with E-state index in [1.165, 1.54) is 0 Å². The summed E-state index contributed by atoms with van der Waals surface area (Å²) in [4.78, 5) is 21.3. The van der Waals surface area contributed by atoms with Crippen LogP contribution in [0.15, 0.2) is 60.9 Å². The molecule has 0 spiro atoms. The largest absolute Gasteiger partial charge is 0.464 e. The summed E-state index contributed by atoms with van der Waals surface area (Å²) in [6.07, 6.45) is 5.96. The smallest absolute Gasteiger partial charge is 0.316 e. The number of ether oxygens (including phenoxy) is 1. The van der Waals surface area contributed by atoms with Gasteiger partial charge in [0.05, 0.1) is 12.1 Å². The Balaban J connectivity index is 1.60. The maximum atomic E-state index is 12.8. The lowest BCUT2D eigenvalue weighted by molar-refractivity contribution is -0.132. The Kier molecular flexibility index (Phi) is 6.42. The molecule has 8 nitrogen and oxygen atoms in total. The van der Waals surface area contributed by atoms with Crippen molar-refractivity contribution in [1.29, 1.82) is 0 Å². The lowest BCUT2D eigenvalue weighted by Crippen LogP contribution is -2.33.